The zero-order valence-corrected chi connectivity index (χ0v) is 20.2. The number of aromatic nitrogens is 2. The molecule has 7 nitrogen and oxygen atoms in total. The molecule has 0 saturated heterocycles. The van der Waals surface area contributed by atoms with Crippen molar-refractivity contribution in [3.63, 3.8) is 0 Å². The molecule has 0 bridgehead atoms. The van der Waals surface area contributed by atoms with Crippen LogP contribution < -0.4 is 4.74 Å². The van der Waals surface area contributed by atoms with E-state index in [0.29, 0.717) is 34.7 Å². The predicted octanol–water partition coefficient (Wildman–Crippen LogP) is 6.08. The van der Waals surface area contributed by atoms with Gasteiger partial charge in [-0.15, -0.1) is 0 Å². The summed E-state index contributed by atoms with van der Waals surface area (Å²) in [7, 11) is 0. The summed E-state index contributed by atoms with van der Waals surface area (Å²) in [5.41, 5.74) is 4.44. The number of esters is 2. The minimum absolute atomic E-state index is 0.317. The number of ether oxygens (including phenoxy) is 3. The maximum absolute atomic E-state index is 12.3. The molecule has 0 radical (unpaired) electrons. The second-order valence-corrected chi connectivity index (χ2v) is 8.14. The minimum Gasteiger partial charge on any atom is -0.479 e. The molecule has 5 aromatic rings. The van der Waals surface area contributed by atoms with Crippen LogP contribution in [0, 0.1) is 0 Å². The van der Waals surface area contributed by atoms with Gasteiger partial charge >= 0.3 is 11.9 Å². The van der Waals surface area contributed by atoms with Gasteiger partial charge in [-0.1, -0.05) is 0 Å². The van der Waals surface area contributed by atoms with E-state index >= 15 is 0 Å². The Morgan fingerprint density at radius 2 is 1.24 bits per heavy atom. The normalized spacial score (nSPS) is 11.5. The van der Waals surface area contributed by atoms with Crippen molar-refractivity contribution in [2.75, 3.05) is 17.8 Å². The number of alkyl halides is 1. The Morgan fingerprint density at radius 1 is 0.758 bits per heavy atom. The maximum atomic E-state index is 12.3. The molecule has 33 heavy (non-hydrogen) atoms. The highest BCUT2D eigenvalue weighted by Crippen LogP contribution is 2.41. The topological polar surface area (TPSA) is 93.4 Å². The lowest BCUT2D eigenvalue weighted by Gasteiger charge is -2.06. The lowest BCUT2D eigenvalue weighted by molar-refractivity contribution is 0.0517. The van der Waals surface area contributed by atoms with E-state index in [0.717, 1.165) is 43.6 Å². The highest BCUT2D eigenvalue weighted by atomic mass is 127. The fraction of sp³-hybridized carbons (Fsp3) is 0.200. The molecule has 2 N–H and O–H groups in total. The van der Waals surface area contributed by atoms with Gasteiger partial charge in [0, 0.05) is 32.6 Å². The molecule has 2 aromatic heterocycles. The number of rotatable bonds is 6. The van der Waals surface area contributed by atoms with Gasteiger partial charge in [-0.3, -0.25) is 0 Å². The van der Waals surface area contributed by atoms with Gasteiger partial charge in [0.1, 0.15) is 4.61 Å². The van der Waals surface area contributed by atoms with Crippen molar-refractivity contribution in [2.24, 2.45) is 0 Å². The molecule has 0 atom stereocenters. The standard InChI is InChI=1S/C25H21IN2O5/c1-3-31-24(29)13-5-7-19-15(9-13)17-11-18-16-10-14(25(30)32-4-2)6-8-20(16)28-22(18)23(33-12-26)21(17)27-19/h5-11,27-28H,3-4,12H2,1-2H3. The first-order valence-corrected chi connectivity index (χ1v) is 12.1. The van der Waals surface area contributed by atoms with Crippen LogP contribution in [0.2, 0.25) is 0 Å². The summed E-state index contributed by atoms with van der Waals surface area (Å²) in [6.07, 6.45) is 0. The molecule has 0 aliphatic rings. The molecule has 0 amide bonds. The number of aromatic amines is 2. The first-order valence-electron chi connectivity index (χ1n) is 10.6. The second kappa shape index (κ2) is 8.58. The Kier molecular flexibility index (Phi) is 5.61. The van der Waals surface area contributed by atoms with Gasteiger partial charge in [-0.25, -0.2) is 9.59 Å². The van der Waals surface area contributed by atoms with Gasteiger partial charge in [0.2, 0.25) is 0 Å². The van der Waals surface area contributed by atoms with E-state index in [1.807, 2.05) is 24.3 Å². The summed E-state index contributed by atoms with van der Waals surface area (Å²) in [6, 6.07) is 13.0. The third-order valence-electron chi connectivity index (χ3n) is 5.64. The van der Waals surface area contributed by atoms with Crippen molar-refractivity contribution >= 4 is 78.1 Å². The Hall–Kier alpha value is -3.27. The van der Waals surface area contributed by atoms with Crippen LogP contribution in [0.3, 0.4) is 0 Å². The zero-order chi connectivity index (χ0) is 23.1. The van der Waals surface area contributed by atoms with Gasteiger partial charge < -0.3 is 24.2 Å². The van der Waals surface area contributed by atoms with Gasteiger partial charge in [0.05, 0.1) is 35.4 Å². The van der Waals surface area contributed by atoms with E-state index in [-0.39, 0.29) is 11.9 Å². The summed E-state index contributed by atoms with van der Waals surface area (Å²) >= 11 is 2.17. The molecule has 8 heteroatoms. The quantitative estimate of drug-likeness (QED) is 0.150. The third-order valence-corrected chi connectivity index (χ3v) is 5.95. The summed E-state index contributed by atoms with van der Waals surface area (Å²) in [5.74, 6) is -0.0193. The zero-order valence-electron chi connectivity index (χ0n) is 18.1. The van der Waals surface area contributed by atoms with E-state index in [1.54, 1.807) is 26.0 Å². The number of benzene rings is 3. The Bertz CT molecular complexity index is 1440. The van der Waals surface area contributed by atoms with Crippen molar-refractivity contribution < 1.29 is 23.8 Å². The number of halogens is 1. The van der Waals surface area contributed by atoms with Crippen molar-refractivity contribution in [2.45, 2.75) is 13.8 Å². The van der Waals surface area contributed by atoms with Crippen LogP contribution in [-0.2, 0) is 9.47 Å². The average Bonchev–Trinajstić information content (AvgIpc) is 3.37. The monoisotopic (exact) mass is 556 g/mol. The fourth-order valence-corrected chi connectivity index (χ4v) is 4.55. The third kappa shape index (κ3) is 3.58. The summed E-state index contributed by atoms with van der Waals surface area (Å²) in [5, 5.41) is 3.63. The number of nitrogens with one attached hydrogen (secondary N) is 2. The SMILES string of the molecule is CCOC(=O)c1ccc2[nH]c3c(OCI)c4[nH]c5ccc(C(=O)OCC)cc5c4cc3c2c1. The van der Waals surface area contributed by atoms with E-state index < -0.39 is 0 Å². The molecular weight excluding hydrogens is 535 g/mol. The van der Waals surface area contributed by atoms with Crippen LogP contribution >= 0.6 is 22.6 Å². The van der Waals surface area contributed by atoms with Crippen LogP contribution in [0.1, 0.15) is 34.6 Å². The van der Waals surface area contributed by atoms with Gasteiger partial charge in [0.25, 0.3) is 0 Å². The molecule has 0 aliphatic carbocycles. The first kappa shape index (κ1) is 21.6. The highest BCUT2D eigenvalue weighted by molar-refractivity contribution is 14.1. The van der Waals surface area contributed by atoms with Crippen LogP contribution in [0.25, 0.3) is 43.6 Å². The van der Waals surface area contributed by atoms with Crippen molar-refractivity contribution in [3.8, 4) is 5.75 Å². The minimum atomic E-state index is -0.357. The number of hydrogen-bond acceptors (Lipinski definition) is 5. The van der Waals surface area contributed by atoms with E-state index in [4.69, 9.17) is 14.2 Å². The van der Waals surface area contributed by atoms with Gasteiger partial charge in [-0.2, -0.15) is 0 Å². The van der Waals surface area contributed by atoms with E-state index in [2.05, 4.69) is 38.6 Å². The number of fused-ring (bicyclic) bond motifs is 6. The largest absolute Gasteiger partial charge is 0.479 e. The molecule has 0 unspecified atom stereocenters. The molecular formula is C25H21IN2O5. The Balaban J connectivity index is 1.81. The van der Waals surface area contributed by atoms with Gasteiger partial charge in [-0.05, 0) is 78.9 Å². The average molecular weight is 556 g/mol. The molecule has 2 heterocycles. The van der Waals surface area contributed by atoms with E-state index in [9.17, 15) is 9.59 Å². The second-order valence-electron chi connectivity index (χ2n) is 7.52. The van der Waals surface area contributed by atoms with Crippen LogP contribution in [-0.4, -0.2) is 39.7 Å². The van der Waals surface area contributed by atoms with Crippen molar-refractivity contribution in [1.29, 1.82) is 0 Å². The van der Waals surface area contributed by atoms with Crippen LogP contribution in [0.15, 0.2) is 42.5 Å². The summed E-state index contributed by atoms with van der Waals surface area (Å²) < 4.78 is 16.9. The highest BCUT2D eigenvalue weighted by Gasteiger charge is 2.19. The molecule has 0 fully saturated rings. The molecule has 0 saturated carbocycles. The maximum Gasteiger partial charge on any atom is 0.338 e. The molecule has 0 aliphatic heterocycles. The molecule has 168 valence electrons. The summed E-state index contributed by atoms with van der Waals surface area (Å²) in [4.78, 5) is 31.5. The molecule has 5 rings (SSSR count). The van der Waals surface area contributed by atoms with Crippen LogP contribution in [0.5, 0.6) is 5.75 Å². The van der Waals surface area contributed by atoms with Crippen molar-refractivity contribution in [3.05, 3.63) is 53.6 Å². The lowest BCUT2D eigenvalue weighted by Crippen LogP contribution is -2.04. The van der Waals surface area contributed by atoms with Crippen molar-refractivity contribution in [1.82, 2.24) is 9.97 Å². The first-order chi connectivity index (χ1) is 16.0. The molecule has 0 spiro atoms. The number of hydrogen-bond donors (Lipinski definition) is 2. The van der Waals surface area contributed by atoms with Gasteiger partial charge in [0.15, 0.2) is 5.75 Å². The predicted molar refractivity (Wildman–Crippen MR) is 137 cm³/mol. The fourth-order valence-electron chi connectivity index (χ4n) is 4.23. The number of H-pyrrole nitrogens is 2. The van der Waals surface area contributed by atoms with E-state index in [1.165, 1.54) is 0 Å². The van der Waals surface area contributed by atoms with Crippen LogP contribution in [0.4, 0.5) is 0 Å². The molecule has 3 aromatic carbocycles. The Labute approximate surface area is 202 Å². The Morgan fingerprint density at radius 3 is 1.67 bits per heavy atom. The number of carbonyl (C=O) groups excluding carboxylic acids is 2. The number of carbonyl (C=O) groups is 2. The summed E-state index contributed by atoms with van der Waals surface area (Å²) in [6.45, 7) is 4.20. The lowest BCUT2D eigenvalue weighted by atomic mass is 10.0. The smallest absolute Gasteiger partial charge is 0.338 e.